The Hall–Kier alpha value is -3.20. The standard InChI is InChI=1S/C16H21BF3N9O2/c1-4-22-12-9(15(18,19)20)8-23-13(26-12)25-11-7-10(27-29(11)16(17,30)31)14(2,3)28-24-6-5-21/h5-8,21,28,30-31H,4H2,1-3H3,(H2,22,23,25,26)/b21-5?,24-6-. The van der Waals surface area contributed by atoms with Crippen molar-refractivity contribution < 1.29 is 23.4 Å². The summed E-state index contributed by atoms with van der Waals surface area (Å²) in [5, 5.41) is 39.6. The van der Waals surface area contributed by atoms with Crippen molar-refractivity contribution in [2.24, 2.45) is 5.10 Å². The highest BCUT2D eigenvalue weighted by Gasteiger charge is 2.35. The van der Waals surface area contributed by atoms with Gasteiger partial charge in [-0.05, 0) is 20.8 Å². The minimum atomic E-state index is -4.67. The smallest absolute Gasteiger partial charge is 0.370 e. The van der Waals surface area contributed by atoms with Crippen molar-refractivity contribution in [3.63, 3.8) is 0 Å². The number of nitrogens with zero attached hydrogens (tertiary/aromatic N) is 5. The molecule has 0 fully saturated rings. The molecule has 31 heavy (non-hydrogen) atoms. The third-order valence-electron chi connectivity index (χ3n) is 3.83. The van der Waals surface area contributed by atoms with E-state index in [9.17, 15) is 23.4 Å². The Morgan fingerprint density at radius 2 is 2.00 bits per heavy atom. The van der Waals surface area contributed by atoms with E-state index < -0.39 is 28.9 Å². The van der Waals surface area contributed by atoms with E-state index >= 15 is 0 Å². The van der Waals surface area contributed by atoms with Crippen LogP contribution in [0.25, 0.3) is 0 Å². The molecular formula is C16H21BF3N9O2. The number of hydrogen-bond donors (Lipinski definition) is 6. The second-order valence-electron chi connectivity index (χ2n) is 6.80. The van der Waals surface area contributed by atoms with Gasteiger partial charge in [0.25, 0.3) is 0 Å². The molecule has 2 radical (unpaired) electrons. The van der Waals surface area contributed by atoms with Crippen LogP contribution < -0.4 is 16.1 Å². The van der Waals surface area contributed by atoms with Crippen molar-refractivity contribution in [2.75, 3.05) is 17.2 Å². The summed E-state index contributed by atoms with van der Waals surface area (Å²) in [7, 11) is 5.34. The third kappa shape index (κ3) is 5.91. The number of nitrogens with one attached hydrogen (secondary N) is 4. The van der Waals surface area contributed by atoms with E-state index in [1.54, 1.807) is 20.8 Å². The zero-order chi connectivity index (χ0) is 23.4. The van der Waals surface area contributed by atoms with Crippen LogP contribution in [0.2, 0.25) is 0 Å². The van der Waals surface area contributed by atoms with Crippen LogP contribution in [0.1, 0.15) is 32.0 Å². The van der Waals surface area contributed by atoms with Gasteiger partial charge in [-0.15, -0.1) is 0 Å². The number of alkyl halides is 3. The van der Waals surface area contributed by atoms with Gasteiger partial charge >= 0.3 is 6.18 Å². The molecule has 0 bridgehead atoms. The van der Waals surface area contributed by atoms with Crippen LogP contribution in [0, 0.1) is 5.41 Å². The third-order valence-corrected chi connectivity index (χ3v) is 3.83. The molecule has 0 saturated heterocycles. The van der Waals surface area contributed by atoms with E-state index in [0.717, 1.165) is 6.21 Å². The maximum atomic E-state index is 13.1. The summed E-state index contributed by atoms with van der Waals surface area (Å²) in [6.45, 7) is 5.11. The molecule has 2 heterocycles. The van der Waals surface area contributed by atoms with Crippen LogP contribution in [0.3, 0.4) is 0 Å². The molecule has 0 amide bonds. The van der Waals surface area contributed by atoms with Gasteiger partial charge in [-0.25, -0.2) is 9.67 Å². The van der Waals surface area contributed by atoms with E-state index in [1.165, 1.54) is 12.3 Å². The minimum Gasteiger partial charge on any atom is -0.370 e. The molecule has 2 aromatic rings. The molecule has 0 aliphatic carbocycles. The summed E-state index contributed by atoms with van der Waals surface area (Å²) in [6.07, 6.45) is -1.94. The maximum Gasteiger partial charge on any atom is 0.421 e. The van der Waals surface area contributed by atoms with Gasteiger partial charge in [0.2, 0.25) is 11.8 Å². The molecule has 0 atom stereocenters. The molecule has 166 valence electrons. The summed E-state index contributed by atoms with van der Waals surface area (Å²) in [5.41, 5.74) is 0.946. The van der Waals surface area contributed by atoms with E-state index in [2.05, 4.69) is 36.2 Å². The highest BCUT2D eigenvalue weighted by Crippen LogP contribution is 2.34. The lowest BCUT2D eigenvalue weighted by atomic mass is 10.0. The number of anilines is 3. The molecule has 2 rings (SSSR count). The zero-order valence-corrected chi connectivity index (χ0v) is 16.9. The van der Waals surface area contributed by atoms with Crippen LogP contribution in [-0.2, 0) is 17.5 Å². The van der Waals surface area contributed by atoms with Crippen LogP contribution in [0.4, 0.5) is 30.8 Å². The zero-order valence-electron chi connectivity index (χ0n) is 16.9. The van der Waals surface area contributed by atoms with Crippen molar-refractivity contribution in [1.29, 1.82) is 5.41 Å². The van der Waals surface area contributed by atoms with Crippen molar-refractivity contribution in [3.05, 3.63) is 23.5 Å². The highest BCUT2D eigenvalue weighted by molar-refractivity contribution is 6.14. The fourth-order valence-corrected chi connectivity index (χ4v) is 2.39. The van der Waals surface area contributed by atoms with Crippen LogP contribution in [0.5, 0.6) is 0 Å². The summed E-state index contributed by atoms with van der Waals surface area (Å²) >= 11 is 0. The van der Waals surface area contributed by atoms with E-state index in [1.807, 2.05) is 0 Å². The van der Waals surface area contributed by atoms with Gasteiger partial charge in [0.15, 0.2) is 7.85 Å². The average Bonchev–Trinajstić information content (AvgIpc) is 3.06. The SMILES string of the molecule is [B]C(O)(O)n1nc(C(C)(C)N/N=C\C=N)cc1Nc1ncc(C(F)(F)F)c(NCC)n1. The summed E-state index contributed by atoms with van der Waals surface area (Å²) in [4.78, 5) is 7.46. The average molecular weight is 439 g/mol. The fourth-order valence-electron chi connectivity index (χ4n) is 2.39. The molecule has 0 aromatic carbocycles. The molecule has 0 unspecified atom stereocenters. The monoisotopic (exact) mass is 439 g/mol. The molecule has 2 aromatic heterocycles. The van der Waals surface area contributed by atoms with E-state index in [0.29, 0.717) is 10.9 Å². The van der Waals surface area contributed by atoms with E-state index in [-0.39, 0.29) is 24.0 Å². The highest BCUT2D eigenvalue weighted by atomic mass is 19.4. The van der Waals surface area contributed by atoms with Crippen molar-refractivity contribution in [3.8, 4) is 0 Å². The Kier molecular flexibility index (Phi) is 6.91. The quantitative estimate of drug-likeness (QED) is 0.147. The predicted molar refractivity (Wildman–Crippen MR) is 108 cm³/mol. The number of aromatic nitrogens is 4. The Labute approximate surface area is 176 Å². The number of hydrogen-bond acceptors (Lipinski definition) is 10. The minimum absolute atomic E-state index is 0.115. The molecule has 15 heteroatoms. The van der Waals surface area contributed by atoms with Crippen LogP contribution >= 0.6 is 0 Å². The first-order valence-corrected chi connectivity index (χ1v) is 8.88. The van der Waals surface area contributed by atoms with Crippen molar-refractivity contribution >= 4 is 37.9 Å². The van der Waals surface area contributed by atoms with Gasteiger partial charge in [-0.3, -0.25) is 5.43 Å². The van der Waals surface area contributed by atoms with Gasteiger partial charge in [0.1, 0.15) is 17.2 Å². The molecule has 0 aliphatic heterocycles. The van der Waals surface area contributed by atoms with Gasteiger partial charge in [-0.1, -0.05) is 0 Å². The maximum absolute atomic E-state index is 13.1. The first-order valence-electron chi connectivity index (χ1n) is 8.88. The topological polar surface area (TPSA) is 156 Å². The number of aliphatic hydroxyl groups is 2. The molecule has 0 spiro atoms. The normalized spacial score (nSPS) is 12.8. The molecule has 6 N–H and O–H groups in total. The van der Waals surface area contributed by atoms with E-state index in [4.69, 9.17) is 13.3 Å². The lowest BCUT2D eigenvalue weighted by molar-refractivity contribution is -0.158. The number of halogens is 3. The summed E-state index contributed by atoms with van der Waals surface area (Å²) < 4.78 is 40.0. The first kappa shape index (κ1) is 24.1. The van der Waals surface area contributed by atoms with Gasteiger partial charge in [-0.2, -0.15) is 28.4 Å². The van der Waals surface area contributed by atoms with Crippen molar-refractivity contribution in [1.82, 2.24) is 25.2 Å². The second kappa shape index (κ2) is 8.89. The van der Waals surface area contributed by atoms with Gasteiger partial charge < -0.3 is 26.3 Å². The molecule has 0 aliphatic rings. The summed E-state index contributed by atoms with van der Waals surface area (Å²) in [5.74, 6) is -3.77. The Balaban J connectivity index is 2.46. The Morgan fingerprint density at radius 3 is 2.55 bits per heavy atom. The van der Waals surface area contributed by atoms with Crippen LogP contribution in [0.15, 0.2) is 17.4 Å². The largest absolute Gasteiger partial charge is 0.421 e. The second-order valence-corrected chi connectivity index (χ2v) is 6.80. The van der Waals surface area contributed by atoms with Crippen molar-refractivity contribution in [2.45, 2.75) is 38.3 Å². The van der Waals surface area contributed by atoms with Crippen LogP contribution in [-0.4, -0.2) is 56.8 Å². The Morgan fingerprint density at radius 1 is 1.32 bits per heavy atom. The molecular weight excluding hydrogens is 418 g/mol. The lowest BCUT2D eigenvalue weighted by Gasteiger charge is -2.23. The first-order chi connectivity index (χ1) is 14.3. The number of hydrazone groups is 1. The fraction of sp³-hybridized carbons (Fsp3) is 0.438. The van der Waals surface area contributed by atoms with Gasteiger partial charge in [0, 0.05) is 25.0 Å². The molecule has 0 saturated carbocycles. The lowest BCUT2D eigenvalue weighted by Crippen LogP contribution is -2.37. The number of rotatable bonds is 9. The summed E-state index contributed by atoms with van der Waals surface area (Å²) in [6, 6.07) is 1.36. The molecule has 11 nitrogen and oxygen atoms in total. The Bertz CT molecular complexity index is 955. The van der Waals surface area contributed by atoms with Gasteiger partial charge in [0.05, 0.1) is 17.4 Å². The predicted octanol–water partition coefficient (Wildman–Crippen LogP) is 1.05.